The Labute approximate surface area is 242 Å². The van der Waals surface area contributed by atoms with Crippen molar-refractivity contribution < 1.29 is 51.2 Å². The van der Waals surface area contributed by atoms with Crippen LogP contribution in [0.5, 0.6) is 0 Å². The molecule has 182 valence electrons. The van der Waals surface area contributed by atoms with E-state index in [1.807, 2.05) is 60.7 Å². The molecule has 0 aromatic heterocycles. The van der Waals surface area contributed by atoms with E-state index in [4.69, 9.17) is 0 Å². The molecule has 0 atom stereocenters. The van der Waals surface area contributed by atoms with Gasteiger partial charge in [-0.1, -0.05) is 12.8 Å². The molecule has 6 rings (SSSR count). The zero-order valence-corrected chi connectivity index (χ0v) is 22.8. The number of hydrogen-bond donors (Lipinski definition) is 0. The molecule has 35 heavy (non-hydrogen) atoms. The fourth-order valence-electron chi connectivity index (χ4n) is 3.24. The molecule has 0 radical (unpaired) electrons. The molecule has 0 aliphatic carbocycles. The van der Waals surface area contributed by atoms with Crippen molar-refractivity contribution in [3.8, 4) is 0 Å². The molecule has 6 aromatic carbocycles. The molecular weight excluding hydrogens is 552 g/mol. The van der Waals surface area contributed by atoms with Gasteiger partial charge >= 0.3 is 51.2 Å². The van der Waals surface area contributed by atoms with Gasteiger partial charge in [-0.15, -0.1) is 0 Å². The molecule has 6 aromatic rings. The topological polar surface area (TPSA) is 0 Å². The van der Waals surface area contributed by atoms with Crippen molar-refractivity contribution in [1.82, 2.24) is 0 Å². The van der Waals surface area contributed by atoms with Gasteiger partial charge in [0.1, 0.15) is 0 Å². The number of hydrogen-bond acceptors (Lipinski definition) is 0. The first-order valence-electron chi connectivity index (χ1n) is 11.1. The van der Waals surface area contributed by atoms with Gasteiger partial charge in [0.05, 0.1) is 0 Å². The Morgan fingerprint density at radius 2 is 0.514 bits per heavy atom. The zero-order valence-electron chi connectivity index (χ0n) is 19.5. The Kier molecular flexibility index (Phi) is 19.6. The van der Waals surface area contributed by atoms with Gasteiger partial charge in [-0.3, -0.25) is 0 Å². The summed E-state index contributed by atoms with van der Waals surface area (Å²) in [4.78, 5) is 0. The van der Waals surface area contributed by atoms with Crippen LogP contribution in [0.1, 0.15) is 22.3 Å². The molecule has 0 bridgehead atoms. The Bertz CT molecular complexity index is 885. The molecule has 0 N–H and O–H groups in total. The van der Waals surface area contributed by atoms with Crippen LogP contribution >= 0.6 is 0 Å². The Morgan fingerprint density at radius 3 is 0.657 bits per heavy atom. The average Bonchev–Trinajstić information content (AvgIpc) is 3.64. The van der Waals surface area contributed by atoms with Crippen molar-refractivity contribution in [2.45, 2.75) is 12.8 Å². The Balaban J connectivity index is 0.000000453. The first-order valence-corrected chi connectivity index (χ1v) is 11.1. The standard InChI is InChI=1S/2C11H10.2C5H5.3Fe/c2*1-2-6-10(5-1)9-11-7-3-4-8-11;2*1-2-4-5-3-1;;;/h2*1-8H,9H2;2*1-5H;;;/q2*-2;2*-1;3*+2. The fraction of sp³-hybridized carbons (Fsp3) is 0.0625. The minimum Gasteiger partial charge on any atom is -0.214 e. The van der Waals surface area contributed by atoms with Crippen LogP contribution in [-0.2, 0) is 64.0 Å². The second-order valence-electron chi connectivity index (χ2n) is 7.45. The largest absolute Gasteiger partial charge is 2.00 e. The predicted octanol–water partition coefficient (Wildman–Crippen LogP) is 8.23. The van der Waals surface area contributed by atoms with E-state index in [0.717, 1.165) is 12.8 Å². The summed E-state index contributed by atoms with van der Waals surface area (Å²) in [6, 6.07) is 53.9. The maximum absolute atomic E-state index is 2.16. The van der Waals surface area contributed by atoms with E-state index < -0.39 is 0 Å². The van der Waals surface area contributed by atoms with Crippen LogP contribution < -0.4 is 0 Å². The minimum absolute atomic E-state index is 0. The van der Waals surface area contributed by atoms with Gasteiger partial charge in [-0.2, -0.15) is 107 Å². The molecule has 0 amide bonds. The van der Waals surface area contributed by atoms with Crippen LogP contribution in [0.2, 0.25) is 0 Å². The molecule has 0 spiro atoms. The van der Waals surface area contributed by atoms with E-state index in [0.29, 0.717) is 0 Å². The molecular formula is C32H30Fe3. The van der Waals surface area contributed by atoms with Crippen LogP contribution in [0.15, 0.2) is 158 Å². The third-order valence-corrected chi connectivity index (χ3v) is 4.85. The van der Waals surface area contributed by atoms with E-state index in [1.165, 1.54) is 22.3 Å². The van der Waals surface area contributed by atoms with Crippen molar-refractivity contribution in [3.05, 3.63) is 180 Å². The molecule has 0 saturated carbocycles. The first kappa shape index (κ1) is 32.7. The Morgan fingerprint density at radius 1 is 0.314 bits per heavy atom. The summed E-state index contributed by atoms with van der Waals surface area (Å²) >= 11 is 0. The van der Waals surface area contributed by atoms with E-state index in [1.54, 1.807) is 0 Å². The maximum atomic E-state index is 2.16. The van der Waals surface area contributed by atoms with Gasteiger partial charge in [0.25, 0.3) is 0 Å². The van der Waals surface area contributed by atoms with E-state index in [-0.39, 0.29) is 51.2 Å². The Hall–Kier alpha value is -2.34. The van der Waals surface area contributed by atoms with Crippen molar-refractivity contribution >= 4 is 0 Å². The van der Waals surface area contributed by atoms with Crippen LogP contribution in [0, 0.1) is 0 Å². The molecule has 0 aliphatic rings. The van der Waals surface area contributed by atoms with E-state index >= 15 is 0 Å². The molecule has 0 unspecified atom stereocenters. The molecule has 0 aliphatic heterocycles. The third kappa shape index (κ3) is 14.6. The van der Waals surface area contributed by atoms with E-state index in [9.17, 15) is 0 Å². The van der Waals surface area contributed by atoms with Gasteiger partial charge in [0.2, 0.25) is 0 Å². The van der Waals surface area contributed by atoms with Crippen LogP contribution in [0.25, 0.3) is 0 Å². The van der Waals surface area contributed by atoms with Gasteiger partial charge in [-0.05, 0) is 0 Å². The normalized spacial score (nSPS) is 8.69. The summed E-state index contributed by atoms with van der Waals surface area (Å²) in [7, 11) is 0. The summed E-state index contributed by atoms with van der Waals surface area (Å²) < 4.78 is 0. The molecule has 0 heterocycles. The monoisotopic (exact) mass is 582 g/mol. The summed E-state index contributed by atoms with van der Waals surface area (Å²) in [6.45, 7) is 0. The first-order chi connectivity index (χ1) is 15.9. The molecule has 0 saturated heterocycles. The molecule has 0 fully saturated rings. The van der Waals surface area contributed by atoms with Crippen LogP contribution in [0.3, 0.4) is 0 Å². The van der Waals surface area contributed by atoms with Gasteiger partial charge < -0.3 is 0 Å². The summed E-state index contributed by atoms with van der Waals surface area (Å²) in [6.07, 6.45) is 2.14. The minimum atomic E-state index is 0. The predicted molar refractivity (Wildman–Crippen MR) is 138 cm³/mol. The molecule has 0 nitrogen and oxygen atoms in total. The van der Waals surface area contributed by atoms with Crippen molar-refractivity contribution in [2.24, 2.45) is 0 Å². The van der Waals surface area contributed by atoms with Gasteiger partial charge in [-0.25, -0.2) is 72.8 Å². The SMILES string of the molecule is [Fe+2].[Fe+2].[Fe+2].c1cc[c-](C[c-]2cccc2)c1.c1cc[c-](C[c-]2cccc2)c1.c1cc[cH-]c1.c1cc[cH-]c1. The van der Waals surface area contributed by atoms with Gasteiger partial charge in [0.15, 0.2) is 0 Å². The fourth-order valence-corrected chi connectivity index (χ4v) is 3.24. The third-order valence-electron chi connectivity index (χ3n) is 4.85. The summed E-state index contributed by atoms with van der Waals surface area (Å²) in [5, 5.41) is 0. The average molecular weight is 582 g/mol. The smallest absolute Gasteiger partial charge is 0.214 e. The summed E-state index contributed by atoms with van der Waals surface area (Å²) in [5.74, 6) is 0. The molecule has 3 heteroatoms. The number of rotatable bonds is 4. The summed E-state index contributed by atoms with van der Waals surface area (Å²) in [5.41, 5.74) is 5.60. The second kappa shape index (κ2) is 21.0. The maximum Gasteiger partial charge on any atom is 2.00 e. The van der Waals surface area contributed by atoms with E-state index in [2.05, 4.69) is 97.1 Å². The van der Waals surface area contributed by atoms with Crippen LogP contribution in [-0.4, -0.2) is 0 Å². The van der Waals surface area contributed by atoms with Crippen molar-refractivity contribution in [3.63, 3.8) is 0 Å². The zero-order chi connectivity index (χ0) is 22.1. The quantitative estimate of drug-likeness (QED) is 0.145. The van der Waals surface area contributed by atoms with Crippen molar-refractivity contribution in [2.75, 3.05) is 0 Å². The van der Waals surface area contributed by atoms with Crippen molar-refractivity contribution in [1.29, 1.82) is 0 Å². The second-order valence-corrected chi connectivity index (χ2v) is 7.45. The van der Waals surface area contributed by atoms with Crippen LogP contribution in [0.4, 0.5) is 0 Å². The van der Waals surface area contributed by atoms with Gasteiger partial charge in [0, 0.05) is 0 Å².